The van der Waals surface area contributed by atoms with Crippen molar-refractivity contribution in [2.45, 2.75) is 0 Å². The molecular formula is C16H16N6O6. The second-order valence-electron chi connectivity index (χ2n) is 5.87. The first-order valence-electron chi connectivity index (χ1n) is 8.28. The van der Waals surface area contributed by atoms with E-state index in [1.807, 2.05) is 30.3 Å². The number of nitro groups is 2. The van der Waals surface area contributed by atoms with Crippen molar-refractivity contribution >= 4 is 17.1 Å². The summed E-state index contributed by atoms with van der Waals surface area (Å²) in [5, 5.41) is 38.7. The molecule has 0 bridgehead atoms. The molecule has 2 aromatic rings. The standard InChI is InChI=1S/C16H16N6O6/c23-20(24)14-6-7-16(15(12-14)21(25)26)28-17-22(27)19-10-8-18(9-11-19)13-4-2-1-3-5-13/h1-7,12H,8-11H2/b22-17-. The van der Waals surface area contributed by atoms with Gasteiger partial charge in [0.15, 0.2) is 0 Å². The molecule has 1 aliphatic rings. The summed E-state index contributed by atoms with van der Waals surface area (Å²) in [6.07, 6.45) is 0. The van der Waals surface area contributed by atoms with Crippen LogP contribution in [0.25, 0.3) is 0 Å². The number of hydrazine groups is 1. The predicted molar refractivity (Wildman–Crippen MR) is 96.7 cm³/mol. The fourth-order valence-corrected chi connectivity index (χ4v) is 2.73. The number of non-ortho nitro benzene ring substituents is 1. The summed E-state index contributed by atoms with van der Waals surface area (Å²) in [7, 11) is 0. The Morgan fingerprint density at radius 3 is 2.18 bits per heavy atom. The number of rotatable bonds is 6. The Hall–Kier alpha value is -3.96. The Morgan fingerprint density at radius 2 is 1.57 bits per heavy atom. The van der Waals surface area contributed by atoms with Crippen LogP contribution in [0.3, 0.4) is 0 Å². The zero-order valence-electron chi connectivity index (χ0n) is 14.6. The quantitative estimate of drug-likeness (QED) is 0.318. The van der Waals surface area contributed by atoms with Crippen molar-refractivity contribution in [3.8, 4) is 5.75 Å². The van der Waals surface area contributed by atoms with Gasteiger partial charge in [0.25, 0.3) is 5.69 Å². The van der Waals surface area contributed by atoms with Crippen molar-refractivity contribution in [3.05, 3.63) is 74.0 Å². The topological polar surface area (TPSA) is 140 Å². The third-order valence-corrected chi connectivity index (χ3v) is 4.18. The van der Waals surface area contributed by atoms with Gasteiger partial charge in [-0.15, -0.1) is 5.01 Å². The monoisotopic (exact) mass is 388 g/mol. The molecule has 1 fully saturated rings. The lowest BCUT2D eigenvalue weighted by atomic mass is 10.2. The van der Waals surface area contributed by atoms with Gasteiger partial charge in [0.05, 0.1) is 34.0 Å². The number of anilines is 1. The Bertz CT molecular complexity index is 898. The van der Waals surface area contributed by atoms with Gasteiger partial charge in [0.2, 0.25) is 11.0 Å². The molecule has 1 aliphatic heterocycles. The molecule has 2 aromatic carbocycles. The van der Waals surface area contributed by atoms with Gasteiger partial charge in [-0.3, -0.25) is 25.1 Å². The molecular weight excluding hydrogens is 372 g/mol. The van der Waals surface area contributed by atoms with Crippen LogP contribution >= 0.6 is 0 Å². The first kappa shape index (κ1) is 18.8. The molecule has 0 N–H and O–H groups in total. The van der Waals surface area contributed by atoms with Gasteiger partial charge in [-0.05, 0) is 18.2 Å². The normalized spacial score (nSPS) is 14.6. The van der Waals surface area contributed by atoms with E-state index in [0.717, 1.165) is 23.9 Å². The van der Waals surface area contributed by atoms with Crippen molar-refractivity contribution in [3.63, 3.8) is 0 Å². The van der Waals surface area contributed by atoms with Crippen LogP contribution in [0.2, 0.25) is 0 Å². The summed E-state index contributed by atoms with van der Waals surface area (Å²) >= 11 is 0. The summed E-state index contributed by atoms with van der Waals surface area (Å²) < 4.78 is 0. The molecule has 0 aromatic heterocycles. The largest absolute Gasteiger partial charge is 0.569 e. The summed E-state index contributed by atoms with van der Waals surface area (Å²) in [5.74, 6) is -0.362. The summed E-state index contributed by atoms with van der Waals surface area (Å²) in [5.41, 5.74) is -0.0652. The number of para-hydroxylation sites is 1. The second-order valence-corrected chi connectivity index (χ2v) is 5.87. The van der Waals surface area contributed by atoms with E-state index in [9.17, 15) is 25.4 Å². The Balaban J connectivity index is 1.65. The van der Waals surface area contributed by atoms with E-state index in [0.29, 0.717) is 26.2 Å². The van der Waals surface area contributed by atoms with Crippen LogP contribution in [-0.2, 0) is 0 Å². The van der Waals surface area contributed by atoms with Gasteiger partial charge in [-0.1, -0.05) is 18.2 Å². The number of hydrogen-bond acceptors (Lipinski definition) is 8. The van der Waals surface area contributed by atoms with Gasteiger partial charge < -0.3 is 10.1 Å². The molecule has 146 valence electrons. The molecule has 0 atom stereocenters. The van der Waals surface area contributed by atoms with Crippen molar-refractivity contribution in [1.29, 1.82) is 0 Å². The smallest absolute Gasteiger partial charge is 0.321 e. The summed E-state index contributed by atoms with van der Waals surface area (Å²) in [6.45, 7) is 1.95. The Morgan fingerprint density at radius 1 is 0.893 bits per heavy atom. The van der Waals surface area contributed by atoms with Gasteiger partial charge in [-0.25, -0.2) is 0 Å². The highest BCUT2D eigenvalue weighted by molar-refractivity contribution is 5.53. The number of hydrogen-bond donors (Lipinski definition) is 0. The lowest BCUT2D eigenvalue weighted by Crippen LogP contribution is -2.49. The van der Waals surface area contributed by atoms with Gasteiger partial charge in [-0.2, -0.15) is 0 Å². The molecule has 12 heteroatoms. The van der Waals surface area contributed by atoms with Crippen LogP contribution in [0.15, 0.2) is 53.8 Å². The zero-order chi connectivity index (χ0) is 20.1. The maximum Gasteiger partial charge on any atom is 0.321 e. The molecule has 1 heterocycles. The molecule has 0 unspecified atom stereocenters. The molecule has 12 nitrogen and oxygen atoms in total. The molecule has 28 heavy (non-hydrogen) atoms. The van der Waals surface area contributed by atoms with Crippen molar-refractivity contribution in [2.24, 2.45) is 5.28 Å². The number of nitro benzene ring substituents is 2. The molecule has 0 aliphatic carbocycles. The minimum absolute atomic E-state index is 0.230. The van der Waals surface area contributed by atoms with Crippen LogP contribution in [0, 0.1) is 25.4 Å². The van der Waals surface area contributed by atoms with Crippen molar-refractivity contribution < 1.29 is 19.7 Å². The molecule has 0 spiro atoms. The lowest BCUT2D eigenvalue weighted by molar-refractivity contribution is -0.707. The van der Waals surface area contributed by atoms with Crippen LogP contribution in [0.4, 0.5) is 17.1 Å². The van der Waals surface area contributed by atoms with E-state index in [2.05, 4.69) is 10.2 Å². The van der Waals surface area contributed by atoms with Gasteiger partial charge in [0.1, 0.15) is 0 Å². The third kappa shape index (κ3) is 4.23. The third-order valence-electron chi connectivity index (χ3n) is 4.18. The van der Waals surface area contributed by atoms with E-state index < -0.39 is 21.2 Å². The highest BCUT2D eigenvalue weighted by Gasteiger charge is 2.25. The first-order valence-corrected chi connectivity index (χ1v) is 8.28. The van der Waals surface area contributed by atoms with Crippen molar-refractivity contribution in [2.75, 3.05) is 31.1 Å². The highest BCUT2D eigenvalue weighted by atomic mass is 16.7. The van der Waals surface area contributed by atoms with Crippen LogP contribution in [-0.4, -0.2) is 46.0 Å². The van der Waals surface area contributed by atoms with Crippen LogP contribution in [0.5, 0.6) is 5.75 Å². The second kappa shape index (κ2) is 8.16. The number of nitrogens with zero attached hydrogens (tertiary/aromatic N) is 6. The summed E-state index contributed by atoms with van der Waals surface area (Å²) in [4.78, 5) is 27.4. The van der Waals surface area contributed by atoms with Crippen LogP contribution in [0.1, 0.15) is 0 Å². The number of piperazine rings is 1. The number of benzene rings is 2. The average Bonchev–Trinajstić information content (AvgIpc) is 2.72. The lowest BCUT2D eigenvalue weighted by Gasteiger charge is -2.32. The molecule has 0 radical (unpaired) electrons. The Labute approximate surface area is 158 Å². The molecule has 1 saturated heterocycles. The SMILES string of the molecule is O=[N+]([O-])c1ccc(O/N=[N+](\[O-])N2CCN(c3ccccc3)CC2)c([N+](=O)[O-])c1. The van der Waals surface area contributed by atoms with E-state index in [4.69, 9.17) is 4.84 Å². The molecule has 3 rings (SSSR count). The van der Waals surface area contributed by atoms with Crippen LogP contribution < -0.4 is 9.74 Å². The Kier molecular flexibility index (Phi) is 5.48. The van der Waals surface area contributed by atoms with E-state index >= 15 is 0 Å². The minimum atomic E-state index is -0.842. The molecule has 0 saturated carbocycles. The van der Waals surface area contributed by atoms with E-state index in [-0.39, 0.29) is 10.7 Å². The predicted octanol–water partition coefficient (Wildman–Crippen LogP) is 2.50. The van der Waals surface area contributed by atoms with E-state index in [1.54, 1.807) is 0 Å². The van der Waals surface area contributed by atoms with E-state index in [1.165, 1.54) is 5.01 Å². The van der Waals surface area contributed by atoms with Crippen molar-refractivity contribution in [1.82, 2.24) is 5.01 Å². The first-order chi connectivity index (χ1) is 13.5. The maximum atomic E-state index is 12.1. The summed E-state index contributed by atoms with van der Waals surface area (Å²) in [6, 6.07) is 12.6. The minimum Gasteiger partial charge on any atom is -0.569 e. The fourth-order valence-electron chi connectivity index (χ4n) is 2.73. The zero-order valence-corrected chi connectivity index (χ0v) is 14.6. The van der Waals surface area contributed by atoms with Gasteiger partial charge >= 0.3 is 5.69 Å². The average molecular weight is 388 g/mol. The highest BCUT2D eigenvalue weighted by Crippen LogP contribution is 2.31. The maximum absolute atomic E-state index is 12.1. The van der Waals surface area contributed by atoms with Gasteiger partial charge in [0, 0.05) is 24.8 Å². The fraction of sp³-hybridized carbons (Fsp3) is 0.250. The molecule has 0 amide bonds.